The monoisotopic (exact) mass is 730 g/mol. The molecule has 0 amide bonds. The van der Waals surface area contributed by atoms with Crippen LogP contribution < -0.4 is 4.74 Å². The molecule has 0 unspecified atom stereocenters. The molecule has 6 rings (SSSR count). The van der Waals surface area contributed by atoms with E-state index in [9.17, 15) is 9.90 Å². The molecule has 1 atom stereocenters. The van der Waals surface area contributed by atoms with Crippen molar-refractivity contribution in [3.8, 4) is 16.9 Å². The zero-order chi connectivity index (χ0) is 30.1. The first-order valence-corrected chi connectivity index (χ1v) is 17.1. The molecule has 0 bridgehead atoms. The summed E-state index contributed by atoms with van der Waals surface area (Å²) in [5.74, 6) is -0.498. The highest BCUT2D eigenvalue weighted by atomic mass is 79.9. The number of aryl methyl sites for hydroxylation is 3. The van der Waals surface area contributed by atoms with E-state index in [1.54, 1.807) is 0 Å². The predicted molar refractivity (Wildman–Crippen MR) is 187 cm³/mol. The summed E-state index contributed by atoms with van der Waals surface area (Å²) in [7, 11) is 0. The van der Waals surface area contributed by atoms with Crippen molar-refractivity contribution in [1.29, 1.82) is 0 Å². The van der Waals surface area contributed by atoms with Gasteiger partial charge in [-0.15, -0.1) is 11.3 Å². The van der Waals surface area contributed by atoms with Crippen molar-refractivity contribution in [2.75, 3.05) is 0 Å². The highest BCUT2D eigenvalue weighted by Crippen LogP contribution is 2.51. The van der Waals surface area contributed by atoms with Crippen molar-refractivity contribution < 1.29 is 14.6 Å². The third kappa shape index (κ3) is 6.14. The third-order valence-electron chi connectivity index (χ3n) is 7.61. The molecule has 7 heteroatoms. The van der Waals surface area contributed by atoms with E-state index in [4.69, 9.17) is 4.74 Å². The largest absolute Gasteiger partial charge is 0.479 e. The smallest absolute Gasteiger partial charge is 0.344 e. The lowest BCUT2D eigenvalue weighted by Crippen LogP contribution is -2.28. The second-order valence-electron chi connectivity index (χ2n) is 10.4. The van der Waals surface area contributed by atoms with Gasteiger partial charge in [-0.3, -0.25) is 0 Å². The zero-order valence-corrected chi connectivity index (χ0v) is 28.4. The van der Waals surface area contributed by atoms with Gasteiger partial charge >= 0.3 is 5.97 Å². The van der Waals surface area contributed by atoms with Crippen molar-refractivity contribution in [2.45, 2.75) is 42.6 Å². The van der Waals surface area contributed by atoms with Crippen molar-refractivity contribution >= 4 is 81.8 Å². The fourth-order valence-electron chi connectivity index (χ4n) is 5.39. The Labute approximate surface area is 276 Å². The maximum Gasteiger partial charge on any atom is 0.344 e. The van der Waals surface area contributed by atoms with Crippen molar-refractivity contribution in [1.82, 2.24) is 0 Å². The highest BCUT2D eigenvalue weighted by Gasteiger charge is 2.25. The van der Waals surface area contributed by atoms with Crippen LogP contribution in [0, 0.1) is 13.8 Å². The molecule has 6 aromatic rings. The van der Waals surface area contributed by atoms with Gasteiger partial charge in [0.1, 0.15) is 5.75 Å². The number of carbonyl (C=O) groups is 1. The van der Waals surface area contributed by atoms with E-state index < -0.39 is 12.1 Å². The van der Waals surface area contributed by atoms with Crippen LogP contribution in [-0.4, -0.2) is 17.2 Å². The van der Waals surface area contributed by atoms with Crippen LogP contribution >= 0.6 is 55.0 Å². The van der Waals surface area contributed by atoms with Gasteiger partial charge in [0.05, 0.1) is 13.6 Å². The predicted octanol–water partition coefficient (Wildman–Crippen LogP) is 11.5. The number of ether oxygens (including phenoxy) is 1. The van der Waals surface area contributed by atoms with Gasteiger partial charge in [-0.2, -0.15) is 0 Å². The summed E-state index contributed by atoms with van der Waals surface area (Å²) in [6.07, 6.45) is -0.0134. The molecule has 0 radical (unpaired) electrons. The van der Waals surface area contributed by atoms with E-state index in [-0.39, 0.29) is 0 Å². The van der Waals surface area contributed by atoms with Crippen LogP contribution in [-0.2, 0) is 11.2 Å². The number of carboxylic acid groups (broad SMARTS) is 1. The van der Waals surface area contributed by atoms with Gasteiger partial charge in [-0.05, 0) is 116 Å². The number of thiophene rings is 1. The molecule has 216 valence electrons. The molecule has 0 aliphatic carbocycles. The minimum absolute atomic E-state index is 0.360. The highest BCUT2D eigenvalue weighted by molar-refractivity contribution is 9.11. The number of rotatable bonds is 9. The maximum absolute atomic E-state index is 12.2. The lowest BCUT2D eigenvalue weighted by molar-refractivity contribution is -0.145. The molecular weight excluding hydrogens is 704 g/mol. The van der Waals surface area contributed by atoms with E-state index in [0.717, 1.165) is 16.7 Å². The number of fused-ring (bicyclic) bond motifs is 2. The normalized spacial score (nSPS) is 12.1. The Balaban J connectivity index is 1.45. The zero-order valence-electron chi connectivity index (χ0n) is 23.6. The number of benzene rings is 5. The number of halogens is 2. The Morgan fingerprint density at radius 1 is 0.884 bits per heavy atom. The molecule has 3 nitrogen and oxygen atoms in total. The summed E-state index contributed by atoms with van der Waals surface area (Å²) in [6.45, 7) is 4.39. The summed E-state index contributed by atoms with van der Waals surface area (Å²) in [6, 6.07) is 33.1. The molecule has 1 heterocycles. The van der Waals surface area contributed by atoms with Crippen LogP contribution in [0.15, 0.2) is 116 Å². The fourth-order valence-corrected chi connectivity index (χ4v) is 9.14. The number of aliphatic carboxylic acids is 1. The van der Waals surface area contributed by atoms with Crippen molar-refractivity contribution in [3.05, 3.63) is 122 Å². The van der Waals surface area contributed by atoms with Crippen molar-refractivity contribution in [2.24, 2.45) is 0 Å². The van der Waals surface area contributed by atoms with E-state index in [1.165, 1.54) is 41.1 Å². The first-order valence-electron chi connectivity index (χ1n) is 13.9. The number of hydrogen-bond donors (Lipinski definition) is 1. The average Bonchev–Trinajstić information content (AvgIpc) is 3.30. The second kappa shape index (κ2) is 12.9. The lowest BCUT2D eigenvalue weighted by atomic mass is 9.93. The molecule has 0 saturated carbocycles. The maximum atomic E-state index is 12.2. The van der Waals surface area contributed by atoms with E-state index in [2.05, 4.69) is 94.2 Å². The standard InChI is InChI=1S/C36H28Br2O3S2/c1-21-22(2)42-35-31(21)32(26-15-9-10-16-27(26)34(35)43-25-13-7-4-8-14-25)24-19-28(37)33(29(38)20-24)41-30(36(39)40)18-17-23-11-5-3-6-12-23/h3-16,19-20,30H,17-18H2,1-2H3,(H,39,40)/t30-/m1/s1. The van der Waals surface area contributed by atoms with Gasteiger partial charge in [-0.1, -0.05) is 84.6 Å². The molecule has 43 heavy (non-hydrogen) atoms. The molecule has 0 fully saturated rings. The van der Waals surface area contributed by atoms with E-state index in [1.807, 2.05) is 71.6 Å². The minimum atomic E-state index is -0.984. The van der Waals surface area contributed by atoms with Gasteiger partial charge in [0, 0.05) is 20.1 Å². The van der Waals surface area contributed by atoms with Gasteiger partial charge in [0.15, 0.2) is 6.10 Å². The Morgan fingerprint density at radius 3 is 2.14 bits per heavy atom. The second-order valence-corrected chi connectivity index (χ2v) is 14.4. The minimum Gasteiger partial charge on any atom is -0.479 e. The Morgan fingerprint density at radius 2 is 1.49 bits per heavy atom. The summed E-state index contributed by atoms with van der Waals surface area (Å²) >= 11 is 11.1. The number of hydrogen-bond acceptors (Lipinski definition) is 4. The average molecular weight is 733 g/mol. The summed E-state index contributed by atoms with van der Waals surface area (Å²) in [5, 5.41) is 13.6. The van der Waals surface area contributed by atoms with Crippen LogP contribution in [0.4, 0.5) is 0 Å². The Kier molecular flexibility index (Phi) is 8.96. The van der Waals surface area contributed by atoms with Crippen LogP contribution in [0.25, 0.3) is 32.0 Å². The first-order chi connectivity index (χ1) is 20.8. The molecule has 0 aliphatic heterocycles. The van der Waals surface area contributed by atoms with Gasteiger partial charge in [-0.25, -0.2) is 4.79 Å². The molecule has 0 aliphatic rings. The van der Waals surface area contributed by atoms with E-state index in [0.29, 0.717) is 27.5 Å². The van der Waals surface area contributed by atoms with Crippen LogP contribution in [0.3, 0.4) is 0 Å². The molecule has 0 spiro atoms. The summed E-state index contributed by atoms with van der Waals surface area (Å²) < 4.78 is 8.82. The van der Waals surface area contributed by atoms with Crippen molar-refractivity contribution in [3.63, 3.8) is 0 Å². The molecule has 0 saturated heterocycles. The Hall–Kier alpha value is -3.10. The number of carboxylic acids is 1. The van der Waals surface area contributed by atoms with Gasteiger partial charge in [0.2, 0.25) is 0 Å². The van der Waals surface area contributed by atoms with Crippen LogP contribution in [0.2, 0.25) is 0 Å². The molecule has 1 N–H and O–H groups in total. The van der Waals surface area contributed by atoms with Gasteiger partial charge < -0.3 is 9.84 Å². The SMILES string of the molecule is Cc1sc2c(Sc3ccccc3)c3ccccc3c(-c3cc(Br)c(O[C@H](CCc4ccccc4)C(=O)O)c(Br)c3)c2c1C. The summed E-state index contributed by atoms with van der Waals surface area (Å²) in [4.78, 5) is 15.9. The quantitative estimate of drug-likeness (QED) is 0.161. The topological polar surface area (TPSA) is 46.5 Å². The fraction of sp³-hybridized carbons (Fsp3) is 0.139. The van der Waals surface area contributed by atoms with Crippen LogP contribution in [0.5, 0.6) is 5.75 Å². The van der Waals surface area contributed by atoms with E-state index >= 15 is 0 Å². The Bertz CT molecular complexity index is 1930. The lowest BCUT2D eigenvalue weighted by Gasteiger charge is -2.20. The molecule has 1 aromatic heterocycles. The first kappa shape index (κ1) is 29.9. The third-order valence-corrected chi connectivity index (χ3v) is 11.3. The van der Waals surface area contributed by atoms with Gasteiger partial charge in [0.25, 0.3) is 0 Å². The molecular formula is C36H28Br2O3S2. The van der Waals surface area contributed by atoms with Crippen LogP contribution in [0.1, 0.15) is 22.4 Å². The summed E-state index contributed by atoms with van der Waals surface area (Å²) in [5.41, 5.74) is 4.55. The molecule has 5 aromatic carbocycles.